The van der Waals surface area contributed by atoms with Crippen molar-refractivity contribution in [2.24, 2.45) is 4.99 Å². The van der Waals surface area contributed by atoms with Crippen LogP contribution in [0.15, 0.2) is 17.6 Å². The number of halogens is 1. The largest absolute Gasteiger partial charge is 0.465 e. The Hall–Kier alpha value is -1.13. The second-order valence-corrected chi connectivity index (χ2v) is 3.89. The molecule has 0 aliphatic rings. The lowest BCUT2D eigenvalue weighted by Gasteiger charge is -1.92. The number of methoxy groups -OCH3 is 1. The molecular weight excluding hydrogens is 222 g/mol. The van der Waals surface area contributed by atoms with Gasteiger partial charge in [0.15, 0.2) is 0 Å². The number of carbonyl (C=O) groups is 1. The van der Waals surface area contributed by atoms with E-state index in [1.54, 1.807) is 6.07 Å². The number of rotatable bonds is 3. The van der Waals surface area contributed by atoms with Crippen LogP contribution >= 0.6 is 22.9 Å². The van der Waals surface area contributed by atoms with Crippen LogP contribution < -0.4 is 0 Å². The molecule has 0 aliphatic heterocycles. The molecule has 0 radical (unpaired) electrons. The Morgan fingerprint density at radius 1 is 1.71 bits per heavy atom. The quantitative estimate of drug-likeness (QED) is 0.590. The smallest absolute Gasteiger partial charge is 0.348 e. The summed E-state index contributed by atoms with van der Waals surface area (Å²) in [5.74, 6) is -0.413. The van der Waals surface area contributed by atoms with Crippen molar-refractivity contribution in [3.63, 3.8) is 0 Å². The summed E-state index contributed by atoms with van der Waals surface area (Å²) in [6.07, 6.45) is 0. The first-order valence-corrected chi connectivity index (χ1v) is 4.83. The number of esters is 1. The molecule has 1 rings (SSSR count). The van der Waals surface area contributed by atoms with E-state index in [-0.39, 0.29) is 0 Å². The van der Waals surface area contributed by atoms with Crippen molar-refractivity contribution in [1.82, 2.24) is 0 Å². The summed E-state index contributed by atoms with van der Waals surface area (Å²) in [6.45, 7) is 6.95. The average molecular weight is 230 g/mol. The van der Waals surface area contributed by atoms with Gasteiger partial charge in [-0.3, -0.25) is 4.99 Å². The van der Waals surface area contributed by atoms with E-state index in [0.29, 0.717) is 20.5 Å². The van der Waals surface area contributed by atoms with Crippen molar-refractivity contribution in [2.45, 2.75) is 0 Å². The van der Waals surface area contributed by atoms with Crippen molar-refractivity contribution in [3.8, 4) is 0 Å². The number of hydrogen-bond acceptors (Lipinski definition) is 4. The minimum atomic E-state index is -0.413. The van der Waals surface area contributed by atoms with Gasteiger partial charge >= 0.3 is 5.97 Å². The number of nitrogens with zero attached hydrogens (tertiary/aromatic N) is 1. The Morgan fingerprint density at radius 2 is 2.36 bits per heavy atom. The summed E-state index contributed by atoms with van der Waals surface area (Å²) in [6, 6.07) is 1.58. The van der Waals surface area contributed by atoms with E-state index in [2.05, 4.69) is 23.0 Å². The minimum absolute atomic E-state index is 0.340. The number of hydrogen-bond donors (Lipinski definition) is 0. The summed E-state index contributed by atoms with van der Waals surface area (Å²) in [5, 5.41) is 0.340. The molecule has 1 aromatic rings. The molecule has 0 amide bonds. The Labute approximate surface area is 90.7 Å². The van der Waals surface area contributed by atoms with Crippen molar-refractivity contribution in [2.75, 3.05) is 7.11 Å². The zero-order chi connectivity index (χ0) is 10.7. The Balaban J connectivity index is 3.19. The highest BCUT2D eigenvalue weighted by atomic mass is 35.5. The summed E-state index contributed by atoms with van der Waals surface area (Å²) >= 11 is 6.91. The predicted octanol–water partition coefficient (Wildman–Crippen LogP) is 3.08. The normalized spacial score (nSPS) is 9.57. The third-order valence-electron chi connectivity index (χ3n) is 1.52. The van der Waals surface area contributed by atoms with Crippen LogP contribution in [-0.2, 0) is 4.74 Å². The van der Waals surface area contributed by atoms with Gasteiger partial charge < -0.3 is 4.74 Å². The molecule has 0 fully saturated rings. The lowest BCUT2D eigenvalue weighted by Crippen LogP contribution is -1.96. The molecule has 0 saturated carbocycles. The van der Waals surface area contributed by atoms with Gasteiger partial charge in [0.05, 0.1) is 22.7 Å². The third-order valence-corrected chi connectivity index (χ3v) is 2.98. The van der Waals surface area contributed by atoms with Gasteiger partial charge in [-0.05, 0) is 12.8 Å². The van der Waals surface area contributed by atoms with Crippen LogP contribution in [0.25, 0.3) is 5.03 Å². The zero-order valence-corrected chi connectivity index (χ0v) is 9.11. The van der Waals surface area contributed by atoms with E-state index in [9.17, 15) is 4.79 Å². The van der Waals surface area contributed by atoms with Crippen molar-refractivity contribution < 1.29 is 9.53 Å². The number of thiophene rings is 1. The minimum Gasteiger partial charge on any atom is -0.465 e. The molecule has 1 heterocycles. The van der Waals surface area contributed by atoms with Gasteiger partial charge in [0.25, 0.3) is 0 Å². The molecule has 0 spiro atoms. The lowest BCUT2D eigenvalue weighted by atomic mass is 10.3. The summed E-state index contributed by atoms with van der Waals surface area (Å²) in [4.78, 5) is 16.0. The first kappa shape index (κ1) is 10.9. The first-order valence-electron chi connectivity index (χ1n) is 3.63. The van der Waals surface area contributed by atoms with E-state index in [4.69, 9.17) is 11.6 Å². The predicted molar refractivity (Wildman–Crippen MR) is 59.8 cm³/mol. The maximum atomic E-state index is 11.2. The molecular formula is C9H8ClNO2S. The Bertz CT molecular complexity index is 398. The SMILES string of the molecule is C=Nc1cc(C(=O)OC)sc1C(=C)Cl. The molecule has 1 aromatic heterocycles. The maximum Gasteiger partial charge on any atom is 0.348 e. The monoisotopic (exact) mass is 229 g/mol. The van der Waals surface area contributed by atoms with Gasteiger partial charge in [0.2, 0.25) is 0 Å². The summed E-state index contributed by atoms with van der Waals surface area (Å²) < 4.78 is 4.57. The molecule has 14 heavy (non-hydrogen) atoms. The Kier molecular flexibility index (Phi) is 3.43. The van der Waals surface area contributed by atoms with Gasteiger partial charge in [-0.2, -0.15) is 0 Å². The molecule has 5 heteroatoms. The van der Waals surface area contributed by atoms with Crippen molar-refractivity contribution in [1.29, 1.82) is 0 Å². The molecule has 0 atom stereocenters. The average Bonchev–Trinajstić information content (AvgIpc) is 2.60. The van der Waals surface area contributed by atoms with Crippen LogP contribution in [0.4, 0.5) is 5.69 Å². The summed E-state index contributed by atoms with van der Waals surface area (Å²) in [7, 11) is 1.32. The maximum absolute atomic E-state index is 11.2. The van der Waals surface area contributed by atoms with E-state index in [1.165, 1.54) is 18.4 Å². The standard InChI is InChI=1S/C9H8ClNO2S/c1-5(10)8-6(11-2)4-7(14-8)9(12)13-3/h4H,1-2H2,3H3. The Morgan fingerprint density at radius 3 is 2.71 bits per heavy atom. The fraction of sp³-hybridized carbons (Fsp3) is 0.111. The summed E-state index contributed by atoms with van der Waals surface area (Å²) in [5.41, 5.74) is 0.551. The molecule has 0 aromatic carbocycles. The highest BCUT2D eigenvalue weighted by molar-refractivity contribution is 7.16. The third kappa shape index (κ3) is 2.02. The molecule has 3 nitrogen and oxygen atoms in total. The van der Waals surface area contributed by atoms with E-state index < -0.39 is 5.97 Å². The second kappa shape index (κ2) is 4.39. The van der Waals surface area contributed by atoms with Crippen molar-refractivity contribution >= 4 is 46.3 Å². The highest BCUT2D eigenvalue weighted by Crippen LogP contribution is 2.36. The second-order valence-electron chi connectivity index (χ2n) is 2.38. The van der Waals surface area contributed by atoms with Crippen LogP contribution in [0.5, 0.6) is 0 Å². The molecule has 0 unspecified atom stereocenters. The number of carbonyl (C=O) groups excluding carboxylic acids is 1. The van der Waals surface area contributed by atoms with E-state index in [1.807, 2.05) is 0 Å². The van der Waals surface area contributed by atoms with Crippen LogP contribution in [0.3, 0.4) is 0 Å². The fourth-order valence-corrected chi connectivity index (χ4v) is 2.00. The van der Waals surface area contributed by atoms with Gasteiger partial charge in [-0.15, -0.1) is 11.3 Å². The molecule has 0 N–H and O–H groups in total. The topological polar surface area (TPSA) is 38.7 Å². The molecule has 0 bridgehead atoms. The molecule has 0 aliphatic carbocycles. The van der Waals surface area contributed by atoms with Gasteiger partial charge in [-0.25, -0.2) is 4.79 Å². The number of ether oxygens (including phenoxy) is 1. The molecule has 74 valence electrons. The highest BCUT2D eigenvalue weighted by Gasteiger charge is 2.15. The van der Waals surface area contributed by atoms with Gasteiger partial charge in [0.1, 0.15) is 4.88 Å². The fourth-order valence-electron chi connectivity index (χ4n) is 0.894. The van der Waals surface area contributed by atoms with Crippen LogP contribution in [0.2, 0.25) is 0 Å². The van der Waals surface area contributed by atoms with Crippen molar-refractivity contribution in [3.05, 3.63) is 22.4 Å². The van der Waals surface area contributed by atoms with Gasteiger partial charge in [0, 0.05) is 0 Å². The molecule has 0 saturated heterocycles. The van der Waals surface area contributed by atoms with Crippen LogP contribution in [0.1, 0.15) is 14.5 Å². The van der Waals surface area contributed by atoms with E-state index >= 15 is 0 Å². The van der Waals surface area contributed by atoms with Gasteiger partial charge in [-0.1, -0.05) is 18.2 Å². The first-order chi connectivity index (χ1) is 6.60. The zero-order valence-electron chi connectivity index (χ0n) is 7.54. The number of aliphatic imine (C=N–C) groups is 1. The van der Waals surface area contributed by atoms with E-state index in [0.717, 1.165) is 0 Å². The van der Waals surface area contributed by atoms with Crippen LogP contribution in [0, 0.1) is 0 Å². The lowest BCUT2D eigenvalue weighted by molar-refractivity contribution is 0.0606. The van der Waals surface area contributed by atoms with Crippen LogP contribution in [-0.4, -0.2) is 19.8 Å².